The number of hydrogen-bond acceptors (Lipinski definition) is 6. The topological polar surface area (TPSA) is 97.6 Å². The van der Waals surface area contributed by atoms with Gasteiger partial charge in [-0.05, 0) is 36.6 Å². The minimum atomic E-state index is -0.563. The Hall–Kier alpha value is -2.90. The Morgan fingerprint density at radius 1 is 1.41 bits per heavy atom. The number of methoxy groups -OCH3 is 1. The minimum Gasteiger partial charge on any atom is -0.497 e. The lowest BCUT2D eigenvalue weighted by molar-refractivity contribution is -0.134. The Balaban J connectivity index is 1.51. The fraction of sp³-hybridized carbons (Fsp3) is 0.474. The zero-order valence-electron chi connectivity index (χ0n) is 15.4. The van der Waals surface area contributed by atoms with Crippen molar-refractivity contribution in [1.82, 2.24) is 15.0 Å². The van der Waals surface area contributed by atoms with Gasteiger partial charge in [-0.2, -0.15) is 4.98 Å². The number of aromatic nitrogens is 2. The first-order chi connectivity index (χ1) is 13.0. The molecule has 1 unspecified atom stereocenters. The fourth-order valence-corrected chi connectivity index (χ4v) is 3.50. The number of fused-ring (bicyclic) bond motifs is 1. The molecule has 2 aromatic rings. The van der Waals surface area contributed by atoms with Crippen molar-refractivity contribution in [3.05, 3.63) is 35.5 Å². The summed E-state index contributed by atoms with van der Waals surface area (Å²) < 4.78 is 10.6. The van der Waals surface area contributed by atoms with Crippen LogP contribution in [0, 0.1) is 0 Å². The normalized spacial score (nSPS) is 19.0. The van der Waals surface area contributed by atoms with Crippen molar-refractivity contribution in [2.75, 3.05) is 19.5 Å². The maximum absolute atomic E-state index is 13.0. The molecule has 1 fully saturated rings. The lowest BCUT2D eigenvalue weighted by Gasteiger charge is -2.28. The molecule has 1 aromatic heterocycles. The molecule has 1 atom stereocenters. The number of carbonyl (C=O) groups is 2. The fourth-order valence-electron chi connectivity index (χ4n) is 3.50. The van der Waals surface area contributed by atoms with Crippen LogP contribution in [0.2, 0.25) is 0 Å². The highest BCUT2D eigenvalue weighted by Crippen LogP contribution is 2.37. The van der Waals surface area contributed by atoms with Crippen LogP contribution in [-0.4, -0.2) is 41.0 Å². The van der Waals surface area contributed by atoms with Crippen molar-refractivity contribution < 1.29 is 18.8 Å². The summed E-state index contributed by atoms with van der Waals surface area (Å²) in [6.45, 7) is 0.243. The van der Waals surface area contributed by atoms with Crippen LogP contribution >= 0.6 is 0 Å². The van der Waals surface area contributed by atoms with Gasteiger partial charge in [0, 0.05) is 25.1 Å². The molecular formula is C19H22N4O4. The number of rotatable bonds is 5. The molecular weight excluding hydrogens is 348 g/mol. The van der Waals surface area contributed by atoms with Crippen molar-refractivity contribution in [3.63, 3.8) is 0 Å². The second kappa shape index (κ2) is 7.02. The average Bonchev–Trinajstić information content (AvgIpc) is 3.06. The van der Waals surface area contributed by atoms with E-state index < -0.39 is 5.92 Å². The molecule has 0 spiro atoms. The number of nitrogens with zero attached hydrogens (tertiary/aromatic N) is 3. The molecule has 1 saturated carbocycles. The molecule has 8 nitrogen and oxygen atoms in total. The molecule has 1 aromatic carbocycles. The van der Waals surface area contributed by atoms with Gasteiger partial charge < -0.3 is 19.5 Å². The summed E-state index contributed by atoms with van der Waals surface area (Å²) in [6, 6.07) is 5.32. The molecule has 1 N–H and O–H groups in total. The number of amides is 2. The molecule has 2 heterocycles. The van der Waals surface area contributed by atoms with Crippen molar-refractivity contribution in [2.24, 2.45) is 0 Å². The van der Waals surface area contributed by atoms with E-state index in [-0.39, 0.29) is 24.8 Å². The van der Waals surface area contributed by atoms with E-state index in [1.807, 2.05) is 0 Å². The summed E-state index contributed by atoms with van der Waals surface area (Å²) >= 11 is 0. The molecule has 1 aliphatic heterocycles. The van der Waals surface area contributed by atoms with Crippen LogP contribution < -0.4 is 10.1 Å². The predicted octanol–water partition coefficient (Wildman–Crippen LogP) is 2.43. The van der Waals surface area contributed by atoms with Gasteiger partial charge in [-0.25, -0.2) is 0 Å². The monoisotopic (exact) mass is 370 g/mol. The maximum Gasteiger partial charge on any atom is 0.230 e. The highest BCUT2D eigenvalue weighted by Gasteiger charge is 2.33. The Morgan fingerprint density at radius 2 is 2.22 bits per heavy atom. The average molecular weight is 370 g/mol. The second-order valence-electron chi connectivity index (χ2n) is 7.13. The largest absolute Gasteiger partial charge is 0.497 e. The quantitative estimate of drug-likeness (QED) is 0.868. The van der Waals surface area contributed by atoms with Gasteiger partial charge >= 0.3 is 0 Å². The number of benzene rings is 1. The van der Waals surface area contributed by atoms with Crippen LogP contribution in [0.4, 0.5) is 5.69 Å². The van der Waals surface area contributed by atoms with Crippen LogP contribution in [0.3, 0.4) is 0 Å². The van der Waals surface area contributed by atoms with Crippen molar-refractivity contribution in [2.45, 2.75) is 44.1 Å². The van der Waals surface area contributed by atoms with Gasteiger partial charge in [0.15, 0.2) is 5.82 Å². The molecule has 2 aliphatic rings. The Morgan fingerprint density at radius 3 is 2.93 bits per heavy atom. The summed E-state index contributed by atoms with van der Waals surface area (Å²) in [5.74, 6) is 1.25. The Bertz CT molecular complexity index is 874. The predicted molar refractivity (Wildman–Crippen MR) is 96.3 cm³/mol. The molecule has 8 heteroatoms. The molecule has 0 bridgehead atoms. The summed E-state index contributed by atoms with van der Waals surface area (Å²) in [5.41, 5.74) is 1.40. The lowest BCUT2D eigenvalue weighted by atomic mass is 9.85. The molecule has 0 saturated heterocycles. The molecule has 4 rings (SSSR count). The van der Waals surface area contributed by atoms with E-state index in [2.05, 4.69) is 15.5 Å². The summed E-state index contributed by atoms with van der Waals surface area (Å²) in [4.78, 5) is 31.0. The molecule has 2 amide bonds. The Kier molecular flexibility index (Phi) is 4.55. The van der Waals surface area contributed by atoms with Gasteiger partial charge in [-0.3, -0.25) is 9.59 Å². The zero-order valence-corrected chi connectivity index (χ0v) is 15.4. The van der Waals surface area contributed by atoms with Gasteiger partial charge in [0.1, 0.15) is 5.75 Å². The van der Waals surface area contributed by atoms with Gasteiger partial charge in [-0.15, -0.1) is 0 Å². The molecule has 27 heavy (non-hydrogen) atoms. The smallest absolute Gasteiger partial charge is 0.230 e. The number of hydrogen-bond donors (Lipinski definition) is 1. The molecule has 0 radical (unpaired) electrons. The molecule has 142 valence electrons. The number of ether oxygens (including phenoxy) is 1. The number of carbonyl (C=O) groups excluding carboxylic acids is 2. The van der Waals surface area contributed by atoms with E-state index in [0.717, 1.165) is 18.4 Å². The summed E-state index contributed by atoms with van der Waals surface area (Å²) in [6.07, 6.45) is 3.44. The van der Waals surface area contributed by atoms with Gasteiger partial charge in [0.2, 0.25) is 17.7 Å². The van der Waals surface area contributed by atoms with E-state index in [1.54, 1.807) is 37.3 Å². The van der Waals surface area contributed by atoms with E-state index in [1.165, 1.54) is 6.42 Å². The van der Waals surface area contributed by atoms with Crippen molar-refractivity contribution in [1.29, 1.82) is 0 Å². The first kappa shape index (κ1) is 17.5. The van der Waals surface area contributed by atoms with Crippen LogP contribution in [0.5, 0.6) is 5.75 Å². The van der Waals surface area contributed by atoms with E-state index >= 15 is 0 Å². The van der Waals surface area contributed by atoms with E-state index in [9.17, 15) is 9.59 Å². The van der Waals surface area contributed by atoms with Crippen molar-refractivity contribution >= 4 is 17.5 Å². The third kappa shape index (κ3) is 3.39. The maximum atomic E-state index is 13.0. The molecule has 1 aliphatic carbocycles. The first-order valence-electron chi connectivity index (χ1n) is 9.10. The van der Waals surface area contributed by atoms with Crippen molar-refractivity contribution in [3.8, 4) is 5.75 Å². The van der Waals surface area contributed by atoms with Crippen LogP contribution in [0.15, 0.2) is 22.7 Å². The van der Waals surface area contributed by atoms with E-state index in [0.29, 0.717) is 29.1 Å². The van der Waals surface area contributed by atoms with Gasteiger partial charge in [0.05, 0.1) is 19.6 Å². The van der Waals surface area contributed by atoms with Crippen LogP contribution in [0.25, 0.3) is 0 Å². The SMILES string of the molecule is COc1ccc2c(c1)C(C(=O)N(C)Cc1noc(C3CCC3)n1)CC(=O)N2. The van der Waals surface area contributed by atoms with Gasteiger partial charge in [0.25, 0.3) is 0 Å². The van der Waals surface area contributed by atoms with Crippen LogP contribution in [-0.2, 0) is 16.1 Å². The minimum absolute atomic E-state index is 0.100. The second-order valence-corrected chi connectivity index (χ2v) is 7.13. The Labute approximate surface area is 156 Å². The van der Waals surface area contributed by atoms with Crippen LogP contribution in [0.1, 0.15) is 54.8 Å². The number of nitrogens with one attached hydrogen (secondary N) is 1. The van der Waals surface area contributed by atoms with E-state index in [4.69, 9.17) is 9.26 Å². The number of anilines is 1. The number of likely N-dealkylation sites (N-methyl/N-ethyl adjacent to an activating group) is 1. The highest BCUT2D eigenvalue weighted by atomic mass is 16.5. The highest BCUT2D eigenvalue weighted by molar-refractivity contribution is 6.01. The zero-order chi connectivity index (χ0) is 19.0. The summed E-state index contributed by atoms with van der Waals surface area (Å²) in [7, 11) is 3.26. The third-order valence-corrected chi connectivity index (χ3v) is 5.29. The third-order valence-electron chi connectivity index (χ3n) is 5.29. The standard InChI is InChI=1S/C19H22N4O4/c1-23(10-16-21-18(27-22-16)11-4-3-5-11)19(25)14-9-17(24)20-15-7-6-12(26-2)8-13(14)15/h6-8,11,14H,3-5,9-10H2,1-2H3,(H,20,24). The lowest BCUT2D eigenvalue weighted by Crippen LogP contribution is -2.36. The first-order valence-corrected chi connectivity index (χ1v) is 9.10. The summed E-state index contributed by atoms with van der Waals surface area (Å²) in [5, 5.41) is 6.80. The van der Waals surface area contributed by atoms with Gasteiger partial charge in [-0.1, -0.05) is 11.6 Å².